The maximum Gasteiger partial charge on any atom is 1.00 e. The summed E-state index contributed by atoms with van der Waals surface area (Å²) in [6.07, 6.45) is 11.5. The zero-order valence-electron chi connectivity index (χ0n) is 7.85. The molecule has 0 aliphatic heterocycles. The first-order valence-corrected chi connectivity index (χ1v) is 4.11. The normalized spacial score (nSPS) is 26.7. The van der Waals surface area contributed by atoms with Crippen molar-refractivity contribution in [2.45, 2.75) is 33.1 Å². The molecule has 1 aliphatic rings. The fourth-order valence-corrected chi connectivity index (χ4v) is 1.21. The Hall–Kier alpha value is 0.0774. The van der Waals surface area contributed by atoms with E-state index in [1.807, 2.05) is 0 Å². The Morgan fingerprint density at radius 2 is 2.45 bits per heavy atom. The van der Waals surface area contributed by atoms with Gasteiger partial charge >= 0.3 is 18.9 Å². The third-order valence-electron chi connectivity index (χ3n) is 1.89. The molecule has 11 heavy (non-hydrogen) atoms. The summed E-state index contributed by atoms with van der Waals surface area (Å²) in [5, 5.41) is 0. The van der Waals surface area contributed by atoms with Crippen LogP contribution in [0.1, 0.15) is 33.1 Å². The quantitative estimate of drug-likeness (QED) is 0.360. The van der Waals surface area contributed by atoms with E-state index in [-0.39, 0.29) is 18.9 Å². The monoisotopic (exact) mass is 142 g/mol. The molecule has 0 amide bonds. The predicted molar refractivity (Wildman–Crippen MR) is 44.6 cm³/mol. The minimum atomic E-state index is 0. The molecule has 0 aromatic rings. The Bertz CT molecular complexity index is 156. The maximum absolute atomic E-state index is 3.32. The SMILES string of the molecule is CC/C=C1/C=[C-]C(C)CC1.[Li+]. The molecule has 0 spiro atoms. The van der Waals surface area contributed by atoms with Crippen molar-refractivity contribution >= 4 is 0 Å². The largest absolute Gasteiger partial charge is 1.00 e. The van der Waals surface area contributed by atoms with Crippen LogP contribution in [0.2, 0.25) is 0 Å². The van der Waals surface area contributed by atoms with Crippen molar-refractivity contribution in [1.82, 2.24) is 0 Å². The molecule has 0 aromatic heterocycles. The Morgan fingerprint density at radius 3 is 2.91 bits per heavy atom. The molecule has 56 valence electrons. The first-order chi connectivity index (χ1) is 4.83. The summed E-state index contributed by atoms with van der Waals surface area (Å²) in [6, 6.07) is 0. The van der Waals surface area contributed by atoms with Crippen LogP contribution < -0.4 is 18.9 Å². The Kier molecular flexibility index (Phi) is 5.73. The van der Waals surface area contributed by atoms with Crippen LogP contribution in [0.4, 0.5) is 0 Å². The van der Waals surface area contributed by atoms with Crippen molar-refractivity contribution in [3.05, 3.63) is 23.8 Å². The van der Waals surface area contributed by atoms with Crippen LogP contribution in [-0.2, 0) is 0 Å². The summed E-state index contributed by atoms with van der Waals surface area (Å²) in [6.45, 7) is 4.40. The van der Waals surface area contributed by atoms with Crippen LogP contribution in [-0.4, -0.2) is 0 Å². The molecule has 1 rings (SSSR count). The number of allylic oxidation sites excluding steroid dienone is 4. The second kappa shape index (κ2) is 5.69. The van der Waals surface area contributed by atoms with Gasteiger partial charge in [-0.05, 0) is 0 Å². The van der Waals surface area contributed by atoms with Gasteiger partial charge in [-0.3, -0.25) is 6.08 Å². The topological polar surface area (TPSA) is 0 Å². The van der Waals surface area contributed by atoms with E-state index < -0.39 is 0 Å². The predicted octanol–water partition coefficient (Wildman–Crippen LogP) is 0.116. The molecule has 0 saturated heterocycles. The summed E-state index contributed by atoms with van der Waals surface area (Å²) in [5.41, 5.74) is 1.47. The third-order valence-corrected chi connectivity index (χ3v) is 1.89. The van der Waals surface area contributed by atoms with Crippen LogP contribution >= 0.6 is 0 Å². The third kappa shape index (κ3) is 3.84. The van der Waals surface area contributed by atoms with E-state index in [9.17, 15) is 0 Å². The molecule has 1 unspecified atom stereocenters. The van der Waals surface area contributed by atoms with Gasteiger partial charge < -0.3 is 0 Å². The molecule has 0 fully saturated rings. The molecule has 1 heteroatoms. The summed E-state index contributed by atoms with van der Waals surface area (Å²) < 4.78 is 0. The van der Waals surface area contributed by atoms with Crippen molar-refractivity contribution in [1.29, 1.82) is 0 Å². The molecule has 0 bridgehead atoms. The molecular formula is C10H15Li. The van der Waals surface area contributed by atoms with Gasteiger partial charge in [-0.25, -0.2) is 6.08 Å². The summed E-state index contributed by atoms with van der Waals surface area (Å²) in [5.74, 6) is 0.675. The fourth-order valence-electron chi connectivity index (χ4n) is 1.21. The summed E-state index contributed by atoms with van der Waals surface area (Å²) >= 11 is 0. The van der Waals surface area contributed by atoms with Crippen molar-refractivity contribution < 1.29 is 18.9 Å². The zero-order valence-corrected chi connectivity index (χ0v) is 7.85. The minimum absolute atomic E-state index is 0. The molecule has 0 radical (unpaired) electrons. The van der Waals surface area contributed by atoms with Gasteiger partial charge in [0.2, 0.25) is 0 Å². The number of hydrogen-bond donors (Lipinski definition) is 0. The minimum Gasteiger partial charge on any atom is -0.272 e. The van der Waals surface area contributed by atoms with Gasteiger partial charge in [0.15, 0.2) is 0 Å². The maximum atomic E-state index is 3.32. The van der Waals surface area contributed by atoms with E-state index in [2.05, 4.69) is 32.1 Å². The average molecular weight is 142 g/mol. The van der Waals surface area contributed by atoms with Crippen LogP contribution in [0.3, 0.4) is 0 Å². The van der Waals surface area contributed by atoms with Crippen molar-refractivity contribution in [2.75, 3.05) is 0 Å². The second-order valence-electron chi connectivity index (χ2n) is 2.94. The van der Waals surface area contributed by atoms with Gasteiger partial charge in [0.25, 0.3) is 0 Å². The summed E-state index contributed by atoms with van der Waals surface area (Å²) in [4.78, 5) is 0. The van der Waals surface area contributed by atoms with Gasteiger partial charge in [-0.1, -0.05) is 33.1 Å². The zero-order chi connectivity index (χ0) is 7.40. The van der Waals surface area contributed by atoms with Crippen molar-refractivity contribution in [3.63, 3.8) is 0 Å². The second-order valence-corrected chi connectivity index (χ2v) is 2.94. The molecule has 0 nitrogen and oxygen atoms in total. The van der Waals surface area contributed by atoms with E-state index in [0.29, 0.717) is 5.92 Å². The molecule has 0 saturated carbocycles. The molecular weight excluding hydrogens is 127 g/mol. The Morgan fingerprint density at radius 1 is 1.73 bits per heavy atom. The van der Waals surface area contributed by atoms with E-state index >= 15 is 0 Å². The first kappa shape index (κ1) is 11.1. The van der Waals surface area contributed by atoms with Crippen LogP contribution in [0, 0.1) is 12.0 Å². The van der Waals surface area contributed by atoms with E-state index in [4.69, 9.17) is 0 Å². The molecule has 0 aromatic carbocycles. The molecule has 0 N–H and O–H groups in total. The number of rotatable bonds is 1. The van der Waals surface area contributed by atoms with Gasteiger partial charge in [0.05, 0.1) is 0 Å². The van der Waals surface area contributed by atoms with Gasteiger partial charge in [0.1, 0.15) is 0 Å². The van der Waals surface area contributed by atoms with Crippen LogP contribution in [0.25, 0.3) is 0 Å². The van der Waals surface area contributed by atoms with Crippen LogP contribution in [0.15, 0.2) is 17.7 Å². The van der Waals surface area contributed by atoms with E-state index in [1.54, 1.807) is 0 Å². The first-order valence-electron chi connectivity index (χ1n) is 4.11. The van der Waals surface area contributed by atoms with E-state index in [0.717, 1.165) is 6.42 Å². The molecule has 0 heterocycles. The average Bonchev–Trinajstić information content (AvgIpc) is 1.95. The Balaban J connectivity index is 0.000001000. The van der Waals surface area contributed by atoms with Crippen molar-refractivity contribution in [2.24, 2.45) is 5.92 Å². The van der Waals surface area contributed by atoms with Gasteiger partial charge in [-0.2, -0.15) is 11.6 Å². The number of hydrogen-bond acceptors (Lipinski definition) is 0. The van der Waals surface area contributed by atoms with E-state index in [1.165, 1.54) is 18.4 Å². The standard InChI is InChI=1S/C10H15.Li/c1-3-4-10-7-5-9(2)6-8-10;/h4,8-9H,3,5,7H2,1-2H3;/q-1;+1/b10-4+;. The van der Waals surface area contributed by atoms with Crippen molar-refractivity contribution in [3.8, 4) is 0 Å². The smallest absolute Gasteiger partial charge is 0.272 e. The van der Waals surface area contributed by atoms with Gasteiger partial charge in [-0.15, -0.1) is 5.92 Å². The molecule has 1 atom stereocenters. The molecule has 1 aliphatic carbocycles. The summed E-state index contributed by atoms with van der Waals surface area (Å²) in [7, 11) is 0. The van der Waals surface area contributed by atoms with Gasteiger partial charge in [0, 0.05) is 0 Å². The Labute approximate surface area is 81.9 Å². The van der Waals surface area contributed by atoms with Crippen LogP contribution in [0.5, 0.6) is 0 Å². The fraction of sp³-hybridized carbons (Fsp3) is 0.600.